The number of hydrogen-bond donors (Lipinski definition) is 3. The topological polar surface area (TPSA) is 74.8 Å². The third-order valence-corrected chi connectivity index (χ3v) is 4.31. The zero-order chi connectivity index (χ0) is 18.1. The van der Waals surface area contributed by atoms with Crippen molar-refractivity contribution in [2.75, 3.05) is 26.7 Å². The average molecular weight is 495 g/mol. The van der Waals surface area contributed by atoms with Crippen molar-refractivity contribution in [2.45, 2.75) is 32.2 Å². The summed E-state index contributed by atoms with van der Waals surface area (Å²) in [6.07, 6.45) is 2.78. The van der Waals surface area contributed by atoms with E-state index in [0.717, 1.165) is 36.8 Å². The van der Waals surface area contributed by atoms with Crippen molar-refractivity contribution < 1.29 is 9.53 Å². The first-order valence-corrected chi connectivity index (χ1v) is 9.12. The third kappa shape index (κ3) is 8.44. The average Bonchev–Trinajstić information content (AvgIpc) is 3.42. The Hall–Kier alpha value is -1.22. The maximum absolute atomic E-state index is 11.6. The number of carbonyl (C=O) groups excluding carboxylic acids is 1. The van der Waals surface area contributed by atoms with Crippen molar-refractivity contribution in [3.8, 4) is 0 Å². The van der Waals surface area contributed by atoms with Gasteiger partial charge in [-0.05, 0) is 49.8 Å². The molecule has 1 aromatic rings. The molecule has 3 N–H and O–H groups in total. The van der Waals surface area contributed by atoms with E-state index in [1.165, 1.54) is 5.56 Å². The number of guanidine groups is 1. The van der Waals surface area contributed by atoms with Crippen LogP contribution >= 0.6 is 35.6 Å². The first-order chi connectivity index (χ1) is 12.1. The highest BCUT2D eigenvalue weighted by Gasteiger charge is 2.32. The Labute approximate surface area is 177 Å². The van der Waals surface area contributed by atoms with Crippen LogP contribution < -0.4 is 16.0 Å². The first kappa shape index (κ1) is 22.8. The van der Waals surface area contributed by atoms with E-state index in [9.17, 15) is 4.79 Å². The van der Waals surface area contributed by atoms with Crippen molar-refractivity contribution in [1.82, 2.24) is 16.0 Å². The SMILES string of the molecule is CCOC(=O)NC(CNC(=NC)NCCc1cccc(Cl)c1)C1CC1.I. The molecule has 1 fully saturated rings. The highest BCUT2D eigenvalue weighted by atomic mass is 127. The molecule has 1 aromatic carbocycles. The molecule has 1 aliphatic carbocycles. The van der Waals surface area contributed by atoms with E-state index in [2.05, 4.69) is 27.0 Å². The number of halogens is 2. The number of nitrogens with one attached hydrogen (secondary N) is 3. The second-order valence-electron chi connectivity index (χ2n) is 6.07. The highest BCUT2D eigenvalue weighted by molar-refractivity contribution is 14.0. The number of ether oxygens (including phenoxy) is 1. The van der Waals surface area contributed by atoms with Crippen LogP contribution in [-0.4, -0.2) is 44.8 Å². The minimum Gasteiger partial charge on any atom is -0.450 e. The zero-order valence-electron chi connectivity index (χ0n) is 15.3. The third-order valence-electron chi connectivity index (χ3n) is 4.08. The second-order valence-corrected chi connectivity index (χ2v) is 6.50. The molecule has 146 valence electrons. The number of benzene rings is 1. The van der Waals surface area contributed by atoms with E-state index in [1.807, 2.05) is 18.2 Å². The quantitative estimate of drug-likeness (QED) is 0.295. The molecule has 6 nitrogen and oxygen atoms in total. The molecule has 0 bridgehead atoms. The fourth-order valence-electron chi connectivity index (χ4n) is 2.60. The van der Waals surface area contributed by atoms with Gasteiger partial charge in [0.25, 0.3) is 0 Å². The first-order valence-electron chi connectivity index (χ1n) is 8.74. The van der Waals surface area contributed by atoms with Crippen LogP contribution in [-0.2, 0) is 11.2 Å². The second kappa shape index (κ2) is 12.2. The van der Waals surface area contributed by atoms with E-state index >= 15 is 0 Å². The lowest BCUT2D eigenvalue weighted by molar-refractivity contribution is 0.146. The predicted molar refractivity (Wildman–Crippen MR) is 117 cm³/mol. The van der Waals surface area contributed by atoms with E-state index < -0.39 is 0 Å². The van der Waals surface area contributed by atoms with Crippen LogP contribution in [0.3, 0.4) is 0 Å². The molecule has 1 amide bonds. The molecule has 1 aliphatic rings. The predicted octanol–water partition coefficient (Wildman–Crippen LogP) is 3.19. The lowest BCUT2D eigenvalue weighted by Crippen LogP contribution is -2.48. The van der Waals surface area contributed by atoms with E-state index in [-0.39, 0.29) is 36.1 Å². The smallest absolute Gasteiger partial charge is 0.407 e. The molecule has 2 rings (SSSR count). The van der Waals surface area contributed by atoms with Crippen LogP contribution in [0.4, 0.5) is 4.79 Å². The lowest BCUT2D eigenvalue weighted by atomic mass is 10.1. The summed E-state index contributed by atoms with van der Waals surface area (Å²) in [7, 11) is 1.74. The Morgan fingerprint density at radius 2 is 2.15 bits per heavy atom. The molecule has 0 heterocycles. The van der Waals surface area contributed by atoms with E-state index in [1.54, 1.807) is 14.0 Å². The molecular weight excluding hydrogens is 467 g/mol. The number of aliphatic imine (C=N–C) groups is 1. The van der Waals surface area contributed by atoms with Gasteiger partial charge in [0.1, 0.15) is 0 Å². The number of nitrogens with zero attached hydrogens (tertiary/aromatic N) is 1. The number of amides is 1. The molecule has 0 aliphatic heterocycles. The van der Waals surface area contributed by atoms with Gasteiger partial charge in [-0.15, -0.1) is 24.0 Å². The monoisotopic (exact) mass is 494 g/mol. The molecule has 0 spiro atoms. The maximum atomic E-state index is 11.6. The Morgan fingerprint density at radius 3 is 2.77 bits per heavy atom. The number of alkyl carbamates (subject to hydrolysis) is 1. The fourth-order valence-corrected chi connectivity index (χ4v) is 2.82. The van der Waals surface area contributed by atoms with Gasteiger partial charge >= 0.3 is 6.09 Å². The molecule has 0 saturated heterocycles. The fraction of sp³-hybridized carbons (Fsp3) is 0.556. The summed E-state index contributed by atoms with van der Waals surface area (Å²) in [6.45, 7) is 3.55. The molecule has 0 radical (unpaired) electrons. The highest BCUT2D eigenvalue weighted by Crippen LogP contribution is 2.32. The minimum atomic E-state index is -0.356. The Morgan fingerprint density at radius 1 is 1.38 bits per heavy atom. The van der Waals surface area contributed by atoms with E-state index in [4.69, 9.17) is 16.3 Å². The maximum Gasteiger partial charge on any atom is 0.407 e. The molecule has 1 saturated carbocycles. The largest absolute Gasteiger partial charge is 0.450 e. The summed E-state index contributed by atoms with van der Waals surface area (Å²) in [5, 5.41) is 10.2. The standard InChI is InChI=1S/C18H27ClN4O2.HI/c1-3-25-18(24)23-16(14-7-8-14)12-22-17(20-2)21-10-9-13-5-4-6-15(19)11-13;/h4-6,11,14,16H,3,7-10,12H2,1-2H3,(H,23,24)(H2,20,21,22);1H. The summed E-state index contributed by atoms with van der Waals surface area (Å²) < 4.78 is 4.97. The molecular formula is C18H28ClIN4O2. The summed E-state index contributed by atoms with van der Waals surface area (Å²) >= 11 is 6.00. The van der Waals surface area contributed by atoms with Crippen molar-refractivity contribution in [3.05, 3.63) is 34.9 Å². The summed E-state index contributed by atoms with van der Waals surface area (Å²) in [5.74, 6) is 1.24. The van der Waals surface area contributed by atoms with Crippen LogP contribution in [0.15, 0.2) is 29.3 Å². The molecule has 8 heteroatoms. The van der Waals surface area contributed by atoms with Crippen LogP contribution in [0.2, 0.25) is 5.02 Å². The Kier molecular flexibility index (Phi) is 10.7. The molecule has 1 atom stereocenters. The zero-order valence-corrected chi connectivity index (χ0v) is 18.3. The van der Waals surface area contributed by atoms with Crippen LogP contribution in [0.25, 0.3) is 0 Å². The lowest BCUT2D eigenvalue weighted by Gasteiger charge is -2.20. The van der Waals surface area contributed by atoms with Crippen LogP contribution in [0.1, 0.15) is 25.3 Å². The van der Waals surface area contributed by atoms with Gasteiger partial charge in [-0.2, -0.15) is 0 Å². The number of carbonyl (C=O) groups is 1. The van der Waals surface area contributed by atoms with Gasteiger partial charge in [-0.25, -0.2) is 4.79 Å². The van der Waals surface area contributed by atoms with Crippen molar-refractivity contribution in [2.24, 2.45) is 10.9 Å². The summed E-state index contributed by atoms with van der Waals surface area (Å²) in [4.78, 5) is 15.9. The van der Waals surface area contributed by atoms with Crippen LogP contribution in [0.5, 0.6) is 0 Å². The Bertz CT molecular complexity index is 596. The van der Waals surface area contributed by atoms with Gasteiger partial charge in [0.15, 0.2) is 5.96 Å². The summed E-state index contributed by atoms with van der Waals surface area (Å²) in [6, 6.07) is 7.90. The summed E-state index contributed by atoms with van der Waals surface area (Å²) in [5.41, 5.74) is 1.18. The molecule has 26 heavy (non-hydrogen) atoms. The van der Waals surface area contributed by atoms with E-state index in [0.29, 0.717) is 19.1 Å². The Balaban J connectivity index is 0.00000338. The normalized spacial score (nSPS) is 14.8. The van der Waals surface area contributed by atoms with Gasteiger partial charge in [-0.1, -0.05) is 23.7 Å². The van der Waals surface area contributed by atoms with Gasteiger partial charge in [-0.3, -0.25) is 4.99 Å². The van der Waals surface area contributed by atoms with Crippen LogP contribution in [0, 0.1) is 5.92 Å². The molecule has 0 aromatic heterocycles. The van der Waals surface area contributed by atoms with Crippen molar-refractivity contribution >= 4 is 47.6 Å². The number of hydrogen-bond acceptors (Lipinski definition) is 3. The van der Waals surface area contributed by atoms with Crippen molar-refractivity contribution in [1.29, 1.82) is 0 Å². The van der Waals surface area contributed by atoms with Gasteiger partial charge < -0.3 is 20.7 Å². The molecule has 1 unspecified atom stereocenters. The van der Waals surface area contributed by atoms with Gasteiger partial charge in [0.2, 0.25) is 0 Å². The minimum absolute atomic E-state index is 0. The van der Waals surface area contributed by atoms with Gasteiger partial charge in [0.05, 0.1) is 12.6 Å². The number of rotatable bonds is 8. The van der Waals surface area contributed by atoms with Gasteiger partial charge in [0, 0.05) is 25.2 Å². The van der Waals surface area contributed by atoms with Crippen molar-refractivity contribution in [3.63, 3.8) is 0 Å².